The van der Waals surface area contributed by atoms with Gasteiger partial charge in [0.25, 0.3) is 0 Å². The molecule has 3 heteroatoms. The van der Waals surface area contributed by atoms with Crippen molar-refractivity contribution in [3.8, 4) is 0 Å². The van der Waals surface area contributed by atoms with Crippen LogP contribution in [0.4, 0.5) is 0 Å². The monoisotopic (exact) mass is 170 g/mol. The average molecular weight is 171 g/mol. The Morgan fingerprint density at radius 1 is 1.50 bits per heavy atom. The van der Waals surface area contributed by atoms with Crippen molar-refractivity contribution in [3.63, 3.8) is 0 Å². The summed E-state index contributed by atoms with van der Waals surface area (Å²) in [7, 11) is 0. The fraction of sp³-hybridized carbons (Fsp3) is 1.00. The quantitative estimate of drug-likeness (QED) is 0.363. The maximum atomic E-state index is 5.64. The fourth-order valence-electron chi connectivity index (χ4n) is 0.402. The van der Waals surface area contributed by atoms with Crippen molar-refractivity contribution in [2.75, 3.05) is 0 Å². The molecule has 0 unspecified atom stereocenters. The van der Waals surface area contributed by atoms with Crippen LogP contribution < -0.4 is 0 Å². The van der Waals surface area contributed by atoms with E-state index in [-0.39, 0.29) is 0 Å². The summed E-state index contributed by atoms with van der Waals surface area (Å²) in [6.45, 7) is 2.12. The topological polar surface area (TPSA) is 0 Å². The van der Waals surface area contributed by atoms with Gasteiger partial charge < -0.3 is 0 Å². The van der Waals surface area contributed by atoms with Crippen LogP contribution >= 0.6 is 36.9 Å². The van der Waals surface area contributed by atoms with Crippen molar-refractivity contribution in [2.45, 2.75) is 29.7 Å². The molecule has 0 nitrogen and oxygen atoms in total. The highest BCUT2D eigenvalue weighted by Crippen LogP contribution is 2.30. The second kappa shape index (κ2) is 3.91. The summed E-state index contributed by atoms with van der Waals surface area (Å²) in [4.78, 5) is 0. The van der Waals surface area contributed by atoms with E-state index in [0.29, 0.717) is 0 Å². The lowest BCUT2D eigenvalue weighted by Crippen LogP contribution is -2.00. The van der Waals surface area contributed by atoms with Gasteiger partial charge in [-0.3, -0.25) is 0 Å². The summed E-state index contributed by atoms with van der Waals surface area (Å²) >= 11 is 13.7. The van der Waals surface area contributed by atoms with Crippen LogP contribution in [0.2, 0.25) is 0 Å². The highest BCUT2D eigenvalue weighted by Gasteiger charge is 2.13. The first-order chi connectivity index (χ1) is 3.56. The summed E-state index contributed by atoms with van der Waals surface area (Å²) in [5.74, 6) is 0. The molecule has 0 atom stereocenters. The third kappa shape index (κ3) is 6.99. The second-order valence-corrected chi connectivity index (χ2v) is 4.87. The summed E-state index contributed by atoms with van der Waals surface area (Å²) in [6, 6.07) is 0. The zero-order chi connectivity index (χ0) is 6.62. The van der Waals surface area contributed by atoms with Crippen LogP contribution in [0.1, 0.15) is 26.2 Å². The Hall–Kier alpha value is 0.990. The fourth-order valence-corrected chi connectivity index (χ4v) is 0.852. The van der Waals surface area contributed by atoms with Gasteiger partial charge in [0.2, 0.25) is 0 Å². The van der Waals surface area contributed by atoms with E-state index < -0.39 is 3.54 Å². The lowest BCUT2D eigenvalue weighted by Gasteiger charge is -2.11. The van der Waals surface area contributed by atoms with Gasteiger partial charge in [-0.05, 0) is 6.42 Å². The molecule has 0 saturated heterocycles. The van der Waals surface area contributed by atoms with Gasteiger partial charge in [-0.1, -0.05) is 31.4 Å². The Labute approximate surface area is 66.8 Å². The highest BCUT2D eigenvalue weighted by atomic mass is 35.5. The molecule has 0 rings (SSSR count). The number of hydrogen-bond donors (Lipinski definition) is 2. The summed E-state index contributed by atoms with van der Waals surface area (Å²) in [5, 5.41) is 0. The molecular weight excluding hydrogens is 160 g/mol. The Balaban J connectivity index is 3.11. The van der Waals surface area contributed by atoms with Gasteiger partial charge in [-0.2, -0.15) is 0 Å². The lowest BCUT2D eigenvalue weighted by atomic mass is 10.3. The molecule has 0 aliphatic rings. The lowest BCUT2D eigenvalue weighted by molar-refractivity contribution is 0.746. The first-order valence-electron chi connectivity index (χ1n) is 2.70. The molecule has 0 N–H and O–H groups in total. The zero-order valence-electron chi connectivity index (χ0n) is 4.89. The van der Waals surface area contributed by atoms with Crippen molar-refractivity contribution in [1.82, 2.24) is 0 Å². The van der Waals surface area contributed by atoms with E-state index in [1.54, 1.807) is 0 Å². The molecule has 0 radical (unpaired) electrons. The van der Waals surface area contributed by atoms with Crippen LogP contribution in [0.15, 0.2) is 0 Å². The molecule has 0 bridgehead atoms. The third-order valence-corrected chi connectivity index (χ3v) is 1.48. The van der Waals surface area contributed by atoms with E-state index in [1.165, 1.54) is 0 Å². The Morgan fingerprint density at radius 2 is 2.00 bits per heavy atom. The molecule has 0 aromatic carbocycles. The van der Waals surface area contributed by atoms with Crippen molar-refractivity contribution < 1.29 is 0 Å². The van der Waals surface area contributed by atoms with Crippen molar-refractivity contribution >= 4 is 36.9 Å². The van der Waals surface area contributed by atoms with Crippen LogP contribution in [0, 0.1) is 0 Å². The van der Waals surface area contributed by atoms with Gasteiger partial charge in [0.1, 0.15) is 3.54 Å². The van der Waals surface area contributed by atoms with Crippen LogP contribution in [-0.4, -0.2) is 3.54 Å². The van der Waals surface area contributed by atoms with Gasteiger partial charge in [0, 0.05) is 0 Å². The van der Waals surface area contributed by atoms with Gasteiger partial charge in [-0.15, -0.1) is 25.3 Å². The maximum absolute atomic E-state index is 5.64. The number of unbranched alkanes of at least 4 members (excludes halogenated alkanes) is 1. The number of alkyl halides is 1. The van der Waals surface area contributed by atoms with E-state index in [0.717, 1.165) is 19.3 Å². The summed E-state index contributed by atoms with van der Waals surface area (Å²) < 4.78 is -0.587. The molecular formula is C5H11ClS2. The predicted molar refractivity (Wildman–Crippen MR) is 46.1 cm³/mol. The van der Waals surface area contributed by atoms with E-state index in [1.807, 2.05) is 0 Å². The van der Waals surface area contributed by atoms with Gasteiger partial charge in [0.05, 0.1) is 0 Å². The van der Waals surface area contributed by atoms with Crippen LogP contribution in [0.5, 0.6) is 0 Å². The van der Waals surface area contributed by atoms with Crippen LogP contribution in [-0.2, 0) is 0 Å². The molecule has 0 spiro atoms. The number of rotatable bonds is 3. The van der Waals surface area contributed by atoms with Gasteiger partial charge in [0.15, 0.2) is 0 Å². The van der Waals surface area contributed by atoms with Gasteiger partial charge in [-0.25, -0.2) is 0 Å². The van der Waals surface area contributed by atoms with Crippen molar-refractivity contribution in [1.29, 1.82) is 0 Å². The molecule has 50 valence electrons. The summed E-state index contributed by atoms with van der Waals surface area (Å²) in [6.07, 6.45) is 3.10. The molecule has 8 heavy (non-hydrogen) atoms. The zero-order valence-corrected chi connectivity index (χ0v) is 7.44. The largest absolute Gasteiger partial charge is 0.146 e. The molecule has 0 aliphatic carbocycles. The Kier molecular flexibility index (Phi) is 4.40. The van der Waals surface area contributed by atoms with Crippen molar-refractivity contribution in [2.24, 2.45) is 0 Å². The first-order valence-corrected chi connectivity index (χ1v) is 3.97. The predicted octanol–water partition coefficient (Wildman–Crippen LogP) is 2.93. The molecule has 0 amide bonds. The Morgan fingerprint density at radius 3 is 2.12 bits per heavy atom. The number of thiol groups is 2. The van der Waals surface area contributed by atoms with Crippen LogP contribution in [0.3, 0.4) is 0 Å². The van der Waals surface area contributed by atoms with E-state index in [9.17, 15) is 0 Å². The molecule has 0 fully saturated rings. The molecule has 0 saturated carbocycles. The highest BCUT2D eigenvalue weighted by molar-refractivity contribution is 8.02. The normalized spacial score (nSPS) is 12.0. The Bertz CT molecular complexity index is 57.9. The standard InChI is InChI=1S/C5H11ClS2/c1-2-3-4-5(6,7)8/h7-8H,2-4H2,1H3. The number of hydrogen-bond acceptors (Lipinski definition) is 2. The minimum Gasteiger partial charge on any atom is -0.146 e. The second-order valence-electron chi connectivity index (χ2n) is 1.82. The molecule has 0 aliphatic heterocycles. The molecule has 0 aromatic rings. The number of halogens is 1. The summed E-state index contributed by atoms with van der Waals surface area (Å²) in [5.41, 5.74) is 0. The smallest absolute Gasteiger partial charge is 0.129 e. The van der Waals surface area contributed by atoms with E-state index >= 15 is 0 Å². The van der Waals surface area contributed by atoms with Gasteiger partial charge >= 0.3 is 0 Å². The van der Waals surface area contributed by atoms with E-state index in [4.69, 9.17) is 11.6 Å². The SMILES string of the molecule is CCCCC(S)(S)Cl. The first kappa shape index (κ1) is 8.99. The van der Waals surface area contributed by atoms with E-state index in [2.05, 4.69) is 32.2 Å². The molecule has 0 heterocycles. The van der Waals surface area contributed by atoms with Crippen LogP contribution in [0.25, 0.3) is 0 Å². The average Bonchev–Trinajstić information content (AvgIpc) is 1.59. The minimum absolute atomic E-state index is 0.587. The minimum atomic E-state index is -0.587. The van der Waals surface area contributed by atoms with Crippen molar-refractivity contribution in [3.05, 3.63) is 0 Å². The third-order valence-electron chi connectivity index (χ3n) is 0.848. The molecule has 0 aromatic heterocycles. The maximum Gasteiger partial charge on any atom is 0.129 e.